The van der Waals surface area contributed by atoms with Crippen LogP contribution >= 0.6 is 0 Å². The van der Waals surface area contributed by atoms with Crippen LogP contribution in [0, 0.1) is 17.8 Å². The summed E-state index contributed by atoms with van der Waals surface area (Å²) in [5, 5.41) is 3.42. The molecule has 1 aliphatic carbocycles. The predicted octanol–water partition coefficient (Wildman–Crippen LogP) is 7.98. The summed E-state index contributed by atoms with van der Waals surface area (Å²) in [6, 6.07) is 0. The van der Waals surface area contributed by atoms with Crippen molar-refractivity contribution in [3.05, 3.63) is 108 Å². The number of nitrogens with one attached hydrogen (secondary N) is 1. The Bertz CT molecular complexity index is 828. The van der Waals surface area contributed by atoms with Gasteiger partial charge in [0.1, 0.15) is 0 Å². The Morgan fingerprint density at radius 2 is 1.52 bits per heavy atom. The van der Waals surface area contributed by atoms with Crippen molar-refractivity contribution < 1.29 is 0 Å². The topological polar surface area (TPSA) is 12.0 Å². The maximum Gasteiger partial charge on any atom is 0.0314 e. The van der Waals surface area contributed by atoms with Crippen molar-refractivity contribution in [1.29, 1.82) is 0 Å². The molecule has 1 heteroatoms. The highest BCUT2D eigenvalue weighted by Gasteiger charge is 2.44. The summed E-state index contributed by atoms with van der Waals surface area (Å²) in [5.41, 5.74) is 8.58. The smallest absolute Gasteiger partial charge is 0.0314 e. The van der Waals surface area contributed by atoms with E-state index in [-0.39, 0.29) is 0 Å². The maximum atomic E-state index is 4.23. The Balaban J connectivity index is 3.30. The van der Waals surface area contributed by atoms with Gasteiger partial charge < -0.3 is 5.32 Å². The lowest BCUT2D eigenvalue weighted by molar-refractivity contribution is 0.784. The zero-order chi connectivity index (χ0) is 22.3. The van der Waals surface area contributed by atoms with Crippen LogP contribution in [-0.4, -0.2) is 0 Å². The van der Waals surface area contributed by atoms with E-state index in [4.69, 9.17) is 0 Å². The third-order valence-corrected chi connectivity index (χ3v) is 5.78. The Morgan fingerprint density at radius 1 is 0.931 bits per heavy atom. The van der Waals surface area contributed by atoms with Crippen molar-refractivity contribution in [2.24, 2.45) is 17.8 Å². The molecule has 0 saturated heterocycles. The average molecular weight is 390 g/mol. The zero-order valence-electron chi connectivity index (χ0n) is 19.5. The van der Waals surface area contributed by atoms with Gasteiger partial charge in [-0.15, -0.1) is 0 Å². The van der Waals surface area contributed by atoms with Crippen LogP contribution in [0.15, 0.2) is 108 Å². The maximum absolute atomic E-state index is 4.23. The summed E-state index contributed by atoms with van der Waals surface area (Å²) >= 11 is 0. The molecule has 29 heavy (non-hydrogen) atoms. The molecule has 0 heterocycles. The van der Waals surface area contributed by atoms with Crippen LogP contribution in [0.1, 0.15) is 48.5 Å². The van der Waals surface area contributed by atoms with Crippen LogP contribution in [0.4, 0.5) is 0 Å². The average Bonchev–Trinajstić information content (AvgIpc) is 3.22. The first-order valence-electron chi connectivity index (χ1n) is 10.4. The minimum absolute atomic E-state index is 0.530. The first kappa shape index (κ1) is 24.5. The highest BCUT2D eigenvalue weighted by molar-refractivity contribution is 5.57. The van der Waals surface area contributed by atoms with Gasteiger partial charge in [0.25, 0.3) is 0 Å². The molecule has 0 aromatic rings. The fourth-order valence-corrected chi connectivity index (χ4v) is 3.95. The first-order chi connectivity index (χ1) is 13.6. The normalized spacial score (nSPS) is 23.6. The molecule has 0 radical (unpaired) electrons. The molecule has 1 aliphatic rings. The van der Waals surface area contributed by atoms with Crippen molar-refractivity contribution in [3.63, 3.8) is 0 Å². The van der Waals surface area contributed by atoms with Gasteiger partial charge in [0.15, 0.2) is 0 Å². The summed E-state index contributed by atoms with van der Waals surface area (Å²) in [6.07, 6.45) is 12.4. The van der Waals surface area contributed by atoms with Crippen molar-refractivity contribution in [3.8, 4) is 0 Å². The quantitative estimate of drug-likeness (QED) is 0.373. The van der Waals surface area contributed by atoms with Crippen molar-refractivity contribution >= 4 is 0 Å². The first-order valence-corrected chi connectivity index (χ1v) is 10.4. The zero-order valence-corrected chi connectivity index (χ0v) is 19.5. The van der Waals surface area contributed by atoms with Crippen LogP contribution in [-0.2, 0) is 0 Å². The number of hydrogen-bond acceptors (Lipinski definition) is 1. The van der Waals surface area contributed by atoms with E-state index in [1.807, 2.05) is 32.9 Å². The second kappa shape index (κ2) is 10.9. The molecule has 1 saturated carbocycles. The van der Waals surface area contributed by atoms with Gasteiger partial charge in [-0.25, -0.2) is 0 Å². The molecule has 156 valence electrons. The Kier molecular flexibility index (Phi) is 9.17. The number of hydrogen-bond donors (Lipinski definition) is 1. The molecule has 1 nitrogen and oxygen atoms in total. The van der Waals surface area contributed by atoms with Gasteiger partial charge in [-0.2, -0.15) is 0 Å². The van der Waals surface area contributed by atoms with E-state index in [1.54, 1.807) is 0 Å². The largest absolute Gasteiger partial charge is 0.360 e. The van der Waals surface area contributed by atoms with Gasteiger partial charge in [0.2, 0.25) is 0 Å². The van der Waals surface area contributed by atoms with Gasteiger partial charge in [0, 0.05) is 17.3 Å². The lowest BCUT2D eigenvalue weighted by atomic mass is 9.93. The molecule has 2 unspecified atom stereocenters. The van der Waals surface area contributed by atoms with Crippen LogP contribution in [0.3, 0.4) is 0 Å². The molecule has 0 amide bonds. The molecule has 0 bridgehead atoms. The summed E-state index contributed by atoms with van der Waals surface area (Å²) in [4.78, 5) is 0. The highest BCUT2D eigenvalue weighted by Crippen LogP contribution is 2.49. The third kappa shape index (κ3) is 6.49. The van der Waals surface area contributed by atoms with Gasteiger partial charge in [-0.05, 0) is 80.4 Å². The molecule has 1 fully saturated rings. The molecule has 2 atom stereocenters. The minimum atomic E-state index is 0.530. The Labute approximate surface area is 179 Å². The Morgan fingerprint density at radius 3 is 1.93 bits per heavy atom. The van der Waals surface area contributed by atoms with Crippen LogP contribution in [0.2, 0.25) is 0 Å². The van der Waals surface area contributed by atoms with E-state index >= 15 is 0 Å². The van der Waals surface area contributed by atoms with E-state index < -0.39 is 0 Å². The monoisotopic (exact) mass is 389 g/mol. The number of allylic oxidation sites excluding steroid dienone is 13. The van der Waals surface area contributed by atoms with E-state index in [0.29, 0.717) is 17.8 Å². The minimum Gasteiger partial charge on any atom is -0.360 e. The molecule has 0 spiro atoms. The lowest BCUT2D eigenvalue weighted by Crippen LogP contribution is -2.12. The van der Waals surface area contributed by atoms with E-state index in [9.17, 15) is 0 Å². The Hall–Kier alpha value is -2.54. The third-order valence-electron chi connectivity index (χ3n) is 5.78. The summed E-state index contributed by atoms with van der Waals surface area (Å²) in [7, 11) is 0. The molecule has 0 aromatic heterocycles. The van der Waals surface area contributed by atoms with Crippen molar-refractivity contribution in [2.45, 2.75) is 48.5 Å². The van der Waals surface area contributed by atoms with Crippen LogP contribution < -0.4 is 5.32 Å². The van der Waals surface area contributed by atoms with Gasteiger partial charge >= 0.3 is 0 Å². The van der Waals surface area contributed by atoms with Gasteiger partial charge in [0.05, 0.1) is 0 Å². The molecule has 0 aromatic carbocycles. The standard InChI is InChI=1S/C28H39N/c1-12-15-19(6)27(14-3)20(7)16-25(26(13-2)18(4)5)17-21(8)29-24(11)28-22(9)23(28)10/h12-17,22-23,28-29H,3-4,8,11H2,1-2,5-7,9-10H3/b15-12-,20-16+,25-17-,26-13-,27-19+. The van der Waals surface area contributed by atoms with Crippen LogP contribution in [0.25, 0.3) is 0 Å². The highest BCUT2D eigenvalue weighted by atomic mass is 14.9. The number of rotatable bonds is 10. The summed E-state index contributed by atoms with van der Waals surface area (Å²) in [6.45, 7) is 31.5. The van der Waals surface area contributed by atoms with E-state index in [0.717, 1.165) is 39.3 Å². The fraction of sp³-hybridized carbons (Fsp3) is 0.357. The molecular formula is C28H39N. The van der Waals surface area contributed by atoms with Gasteiger partial charge in [-0.3, -0.25) is 0 Å². The fourth-order valence-electron chi connectivity index (χ4n) is 3.95. The van der Waals surface area contributed by atoms with Crippen LogP contribution in [0.5, 0.6) is 0 Å². The predicted molar refractivity (Wildman–Crippen MR) is 131 cm³/mol. The molecule has 1 N–H and O–H groups in total. The van der Waals surface area contributed by atoms with Crippen molar-refractivity contribution in [1.82, 2.24) is 5.32 Å². The van der Waals surface area contributed by atoms with E-state index in [1.165, 1.54) is 5.57 Å². The van der Waals surface area contributed by atoms with Crippen molar-refractivity contribution in [2.75, 3.05) is 0 Å². The second-order valence-electron chi connectivity index (χ2n) is 8.13. The molecular weight excluding hydrogens is 350 g/mol. The summed E-state index contributed by atoms with van der Waals surface area (Å²) < 4.78 is 0. The lowest BCUT2D eigenvalue weighted by Gasteiger charge is -2.15. The second-order valence-corrected chi connectivity index (χ2v) is 8.13. The molecule has 0 aliphatic heterocycles. The SMILES string of the molecule is C=CC(/C(C)=C/C(=C/C(=C)NC(=C)C1C(C)C1C)C(=C\C)/C(=C)C)=C(C)\C=C/C. The van der Waals surface area contributed by atoms with E-state index in [2.05, 4.69) is 83.6 Å². The molecule has 1 rings (SSSR count). The van der Waals surface area contributed by atoms with Gasteiger partial charge in [-0.1, -0.05) is 76.1 Å². The summed E-state index contributed by atoms with van der Waals surface area (Å²) in [5.74, 6) is 1.90.